The molecular formula is C46H25N3OS. The normalized spacial score (nSPS) is 11.9. The first-order valence-electron chi connectivity index (χ1n) is 16.9. The first-order valence-corrected chi connectivity index (χ1v) is 17.7. The zero-order chi connectivity index (χ0) is 33.6. The van der Waals surface area contributed by atoms with Crippen LogP contribution in [-0.4, -0.2) is 9.55 Å². The average Bonchev–Trinajstić information content (AvgIpc) is 3.87. The van der Waals surface area contributed by atoms with E-state index in [1.54, 1.807) is 11.3 Å². The topological polar surface area (TPSA) is 35.3 Å². The van der Waals surface area contributed by atoms with Crippen LogP contribution in [0.1, 0.15) is 0 Å². The molecule has 0 unspecified atom stereocenters. The lowest BCUT2D eigenvalue weighted by Gasteiger charge is -2.10. The van der Waals surface area contributed by atoms with E-state index in [2.05, 4.69) is 131 Å². The number of furan rings is 1. The number of benzene rings is 7. The molecule has 0 N–H and O–H groups in total. The van der Waals surface area contributed by atoms with E-state index in [1.807, 2.05) is 30.3 Å². The molecule has 0 radical (unpaired) electrons. The van der Waals surface area contributed by atoms with E-state index in [9.17, 15) is 0 Å². The third-order valence-corrected chi connectivity index (χ3v) is 11.4. The third kappa shape index (κ3) is 4.09. The lowest BCUT2D eigenvalue weighted by Crippen LogP contribution is -1.93. The van der Waals surface area contributed by atoms with Gasteiger partial charge in [0.05, 0.1) is 38.9 Å². The van der Waals surface area contributed by atoms with Gasteiger partial charge in [-0.15, -0.1) is 11.3 Å². The van der Waals surface area contributed by atoms with E-state index in [4.69, 9.17) is 16.0 Å². The van der Waals surface area contributed by atoms with Crippen molar-refractivity contribution in [2.24, 2.45) is 0 Å². The molecule has 0 aliphatic rings. The van der Waals surface area contributed by atoms with Gasteiger partial charge in [0.2, 0.25) is 0 Å². The molecule has 0 saturated carbocycles. The Morgan fingerprint density at radius 2 is 1.29 bits per heavy atom. The van der Waals surface area contributed by atoms with Gasteiger partial charge in [-0.2, -0.15) is 0 Å². The Balaban J connectivity index is 1.16. The van der Waals surface area contributed by atoms with Crippen LogP contribution in [0.25, 0.3) is 108 Å². The Labute approximate surface area is 295 Å². The third-order valence-electron chi connectivity index (χ3n) is 10.2. The van der Waals surface area contributed by atoms with Gasteiger partial charge in [-0.3, -0.25) is 0 Å². The summed E-state index contributed by atoms with van der Waals surface area (Å²) in [6.45, 7) is 7.71. The number of pyridine rings is 1. The second kappa shape index (κ2) is 10.6. The van der Waals surface area contributed by atoms with Gasteiger partial charge in [-0.1, -0.05) is 91.0 Å². The van der Waals surface area contributed by atoms with Crippen molar-refractivity contribution in [2.75, 3.05) is 0 Å². The van der Waals surface area contributed by atoms with Crippen LogP contribution in [0.3, 0.4) is 0 Å². The maximum Gasteiger partial charge on any atom is 0.188 e. The summed E-state index contributed by atoms with van der Waals surface area (Å²) in [6, 6.07) is 53.0. The van der Waals surface area contributed by atoms with Crippen LogP contribution >= 0.6 is 11.3 Å². The molecular weight excluding hydrogens is 643 g/mol. The van der Waals surface area contributed by atoms with Gasteiger partial charge >= 0.3 is 0 Å². The van der Waals surface area contributed by atoms with Crippen LogP contribution in [0.15, 0.2) is 156 Å². The predicted octanol–water partition coefficient (Wildman–Crippen LogP) is 13.5. The summed E-state index contributed by atoms with van der Waals surface area (Å²) in [5.41, 5.74) is 10.7. The molecule has 5 heteroatoms. The first-order chi connectivity index (χ1) is 25.2. The van der Waals surface area contributed by atoms with Crippen LogP contribution in [0.4, 0.5) is 5.69 Å². The molecule has 0 fully saturated rings. The Bertz CT molecular complexity index is 3270. The van der Waals surface area contributed by atoms with Gasteiger partial charge in [0.25, 0.3) is 0 Å². The van der Waals surface area contributed by atoms with Crippen LogP contribution in [0.5, 0.6) is 0 Å². The number of hydrogen-bond donors (Lipinski definition) is 0. The van der Waals surface area contributed by atoms with Crippen molar-refractivity contribution >= 4 is 91.8 Å². The fourth-order valence-corrected chi connectivity index (χ4v) is 9.07. The summed E-state index contributed by atoms with van der Waals surface area (Å²) < 4.78 is 11.4. The van der Waals surface area contributed by atoms with Crippen molar-refractivity contribution in [3.63, 3.8) is 0 Å². The summed E-state index contributed by atoms with van der Waals surface area (Å²) >= 11 is 1.79. The SMILES string of the molecule is [C-]#[N+]c1ccc2c(c1)c1cc(-c3cccc(-c4nc5c(ccc6c7ccccc7sc65)c5oc6ccccc6c45)c3)ccc1n2-c1ccccc1. The fourth-order valence-electron chi connectivity index (χ4n) is 7.88. The van der Waals surface area contributed by atoms with Gasteiger partial charge in [0, 0.05) is 42.9 Å². The van der Waals surface area contributed by atoms with Crippen molar-refractivity contribution in [3.05, 3.63) is 163 Å². The van der Waals surface area contributed by atoms with Gasteiger partial charge in [-0.25, -0.2) is 9.83 Å². The Kier molecular flexibility index (Phi) is 5.86. The Hall–Kier alpha value is -6.74. The second-order valence-electron chi connectivity index (χ2n) is 13.0. The van der Waals surface area contributed by atoms with E-state index < -0.39 is 0 Å². The fraction of sp³-hybridized carbons (Fsp3) is 0. The highest BCUT2D eigenvalue weighted by atomic mass is 32.1. The van der Waals surface area contributed by atoms with E-state index in [0.717, 1.165) is 82.7 Å². The summed E-state index contributed by atoms with van der Waals surface area (Å²) in [7, 11) is 0. The first kappa shape index (κ1) is 28.1. The highest BCUT2D eigenvalue weighted by Crippen LogP contribution is 2.45. The Morgan fingerprint density at radius 1 is 0.569 bits per heavy atom. The van der Waals surface area contributed by atoms with Crippen LogP contribution in [0.2, 0.25) is 0 Å². The lowest BCUT2D eigenvalue weighted by atomic mass is 9.97. The van der Waals surface area contributed by atoms with Crippen molar-refractivity contribution in [1.29, 1.82) is 0 Å². The molecule has 236 valence electrons. The van der Waals surface area contributed by atoms with Gasteiger partial charge < -0.3 is 8.98 Å². The zero-order valence-corrected chi connectivity index (χ0v) is 27.9. The van der Waals surface area contributed by atoms with Crippen molar-refractivity contribution < 1.29 is 4.42 Å². The van der Waals surface area contributed by atoms with E-state index in [0.29, 0.717) is 5.69 Å². The molecule has 0 aliphatic carbocycles. The predicted molar refractivity (Wildman–Crippen MR) is 213 cm³/mol. The van der Waals surface area contributed by atoms with Crippen molar-refractivity contribution in [3.8, 4) is 28.1 Å². The minimum atomic E-state index is 0.633. The molecule has 4 aromatic heterocycles. The lowest BCUT2D eigenvalue weighted by molar-refractivity contribution is 0.672. The zero-order valence-electron chi connectivity index (χ0n) is 27.1. The summed E-state index contributed by atoms with van der Waals surface area (Å²) in [4.78, 5) is 9.28. The summed E-state index contributed by atoms with van der Waals surface area (Å²) in [6.07, 6.45) is 0. The van der Waals surface area contributed by atoms with Gasteiger partial charge in [0.15, 0.2) is 5.69 Å². The van der Waals surface area contributed by atoms with Crippen molar-refractivity contribution in [1.82, 2.24) is 9.55 Å². The van der Waals surface area contributed by atoms with E-state index >= 15 is 0 Å². The average molecular weight is 668 g/mol. The molecule has 0 spiro atoms. The van der Waals surface area contributed by atoms with Crippen LogP contribution in [-0.2, 0) is 0 Å². The molecule has 11 rings (SSSR count). The number of rotatable bonds is 3. The largest absolute Gasteiger partial charge is 0.455 e. The minimum Gasteiger partial charge on any atom is -0.455 e. The Morgan fingerprint density at radius 3 is 2.18 bits per heavy atom. The molecule has 4 nitrogen and oxygen atoms in total. The summed E-state index contributed by atoms with van der Waals surface area (Å²) in [5.74, 6) is 0. The minimum absolute atomic E-state index is 0.633. The molecule has 51 heavy (non-hydrogen) atoms. The molecule has 0 amide bonds. The molecule has 0 atom stereocenters. The van der Waals surface area contributed by atoms with Gasteiger partial charge in [-0.05, 0) is 77.2 Å². The van der Waals surface area contributed by atoms with E-state index in [1.165, 1.54) is 20.2 Å². The van der Waals surface area contributed by atoms with Crippen LogP contribution < -0.4 is 0 Å². The molecule has 11 aromatic rings. The quantitative estimate of drug-likeness (QED) is 0.176. The smallest absolute Gasteiger partial charge is 0.188 e. The highest BCUT2D eigenvalue weighted by Gasteiger charge is 2.21. The number of aromatic nitrogens is 2. The number of hydrogen-bond acceptors (Lipinski definition) is 3. The second-order valence-corrected chi connectivity index (χ2v) is 14.0. The van der Waals surface area contributed by atoms with Crippen molar-refractivity contribution in [2.45, 2.75) is 0 Å². The molecule has 0 saturated heterocycles. The summed E-state index contributed by atoms with van der Waals surface area (Å²) in [5, 5.41) is 7.77. The van der Waals surface area contributed by atoms with Gasteiger partial charge in [0.1, 0.15) is 11.2 Å². The number of fused-ring (bicyclic) bond motifs is 12. The highest BCUT2D eigenvalue weighted by molar-refractivity contribution is 7.26. The number of thiophene rings is 1. The molecule has 7 aromatic carbocycles. The van der Waals surface area contributed by atoms with E-state index in [-0.39, 0.29) is 0 Å². The monoisotopic (exact) mass is 667 g/mol. The number of nitrogens with zero attached hydrogens (tertiary/aromatic N) is 3. The molecule has 0 aliphatic heterocycles. The standard InChI is InChI=1S/C46H25N3OS/c1-47-30-19-23-39-37(26-30)36-25-28(18-22-38(36)49(39)31-12-3-2-4-13-31)27-10-9-11-29(24-27)43-42-34-15-5-7-16-40(34)50-45(42)35-21-20-33-32-14-6-8-17-41(32)51-46(33)44(35)48-43/h2-26H. The maximum atomic E-state index is 7.71. The van der Waals surface area contributed by atoms with Crippen LogP contribution in [0, 0.1) is 6.57 Å². The molecule has 4 heterocycles. The number of para-hydroxylation sites is 2. The molecule has 0 bridgehead atoms. The maximum absolute atomic E-state index is 7.71.